The monoisotopic (exact) mass is 316 g/mol. The Morgan fingerprint density at radius 1 is 1.35 bits per heavy atom. The molecule has 106 valence electrons. The summed E-state index contributed by atoms with van der Waals surface area (Å²) in [5.41, 5.74) is -0.00642. The lowest BCUT2D eigenvalue weighted by molar-refractivity contribution is 0.281. The number of nitrogens with zero attached hydrogens (tertiary/aromatic N) is 1. The highest BCUT2D eigenvalue weighted by atomic mass is 35.5. The number of halogens is 2. The Morgan fingerprint density at radius 3 is 2.70 bits per heavy atom. The van der Waals surface area contributed by atoms with Gasteiger partial charge in [0.1, 0.15) is 11.6 Å². The van der Waals surface area contributed by atoms with Gasteiger partial charge in [0.15, 0.2) is 0 Å². The van der Waals surface area contributed by atoms with E-state index in [0.717, 1.165) is 12.1 Å². The average molecular weight is 317 g/mol. The molecule has 0 saturated carbocycles. The summed E-state index contributed by atoms with van der Waals surface area (Å²) in [5.74, 6) is -0.812. The standard InChI is InChI=1S/C12H10ClFN2O3S/c13-12-8(7-17)5-9(6-10(12)14)20(18,19)16-11-3-1-2-4-15-11/h1-6,17H,7H2,(H,15,16). The summed E-state index contributed by atoms with van der Waals surface area (Å²) in [5, 5.41) is 8.74. The van der Waals surface area contributed by atoms with Crippen LogP contribution in [0, 0.1) is 5.82 Å². The Kier molecular flexibility index (Phi) is 4.22. The first-order valence-electron chi connectivity index (χ1n) is 5.46. The van der Waals surface area contributed by atoms with Crippen molar-refractivity contribution < 1.29 is 17.9 Å². The summed E-state index contributed by atoms with van der Waals surface area (Å²) in [6.45, 7) is -0.567. The molecule has 0 bridgehead atoms. The molecule has 2 aromatic rings. The van der Waals surface area contributed by atoms with E-state index in [1.54, 1.807) is 12.1 Å². The lowest BCUT2D eigenvalue weighted by Gasteiger charge is -2.09. The van der Waals surface area contributed by atoms with Crippen LogP contribution in [0.2, 0.25) is 5.02 Å². The predicted molar refractivity (Wildman–Crippen MR) is 72.4 cm³/mol. The maximum absolute atomic E-state index is 13.5. The lowest BCUT2D eigenvalue weighted by atomic mass is 10.2. The maximum Gasteiger partial charge on any atom is 0.263 e. The summed E-state index contributed by atoms with van der Waals surface area (Å²) in [4.78, 5) is 3.47. The second-order valence-corrected chi connectivity index (χ2v) is 5.92. The molecule has 0 aliphatic rings. The molecule has 0 spiro atoms. The van der Waals surface area contributed by atoms with Crippen molar-refractivity contribution in [2.75, 3.05) is 4.72 Å². The number of hydrogen-bond acceptors (Lipinski definition) is 4. The molecule has 5 nitrogen and oxygen atoms in total. The van der Waals surface area contributed by atoms with Gasteiger partial charge in [-0.3, -0.25) is 4.72 Å². The number of aliphatic hydroxyl groups excluding tert-OH is 1. The van der Waals surface area contributed by atoms with Crippen molar-refractivity contribution >= 4 is 27.4 Å². The molecule has 1 aromatic heterocycles. The first-order chi connectivity index (χ1) is 9.44. The summed E-state index contributed by atoms with van der Waals surface area (Å²) < 4.78 is 39.9. The fourth-order valence-electron chi connectivity index (χ4n) is 1.51. The predicted octanol–water partition coefficient (Wildman–Crippen LogP) is 2.17. The first kappa shape index (κ1) is 14.7. The second kappa shape index (κ2) is 5.74. The van der Waals surface area contributed by atoms with Gasteiger partial charge in [-0.2, -0.15) is 0 Å². The normalized spacial score (nSPS) is 11.3. The van der Waals surface area contributed by atoms with Crippen LogP contribution in [0.3, 0.4) is 0 Å². The third kappa shape index (κ3) is 3.06. The van der Waals surface area contributed by atoms with E-state index >= 15 is 0 Å². The number of anilines is 1. The van der Waals surface area contributed by atoms with E-state index in [1.165, 1.54) is 12.3 Å². The van der Waals surface area contributed by atoms with Crippen molar-refractivity contribution in [1.82, 2.24) is 4.98 Å². The van der Waals surface area contributed by atoms with Crippen molar-refractivity contribution in [3.8, 4) is 0 Å². The number of sulfonamides is 1. The SMILES string of the molecule is O=S(=O)(Nc1ccccn1)c1cc(F)c(Cl)c(CO)c1. The smallest absolute Gasteiger partial charge is 0.263 e. The highest BCUT2D eigenvalue weighted by Crippen LogP contribution is 2.25. The van der Waals surface area contributed by atoms with Crippen LogP contribution in [0.25, 0.3) is 0 Å². The van der Waals surface area contributed by atoms with E-state index in [1.807, 2.05) is 0 Å². The van der Waals surface area contributed by atoms with Crippen LogP contribution >= 0.6 is 11.6 Å². The number of nitrogens with one attached hydrogen (secondary N) is 1. The maximum atomic E-state index is 13.5. The van der Waals surface area contributed by atoms with Gasteiger partial charge in [0, 0.05) is 11.8 Å². The Morgan fingerprint density at radius 2 is 2.10 bits per heavy atom. The fourth-order valence-corrected chi connectivity index (χ4v) is 2.75. The first-order valence-corrected chi connectivity index (χ1v) is 7.33. The molecule has 2 N–H and O–H groups in total. The van der Waals surface area contributed by atoms with Crippen LogP contribution in [-0.2, 0) is 16.6 Å². The van der Waals surface area contributed by atoms with Gasteiger partial charge >= 0.3 is 0 Å². The number of benzene rings is 1. The molecule has 0 atom stereocenters. The fraction of sp³-hybridized carbons (Fsp3) is 0.0833. The van der Waals surface area contributed by atoms with Crippen molar-refractivity contribution in [2.24, 2.45) is 0 Å². The minimum absolute atomic E-state index is 0.00642. The zero-order valence-electron chi connectivity index (χ0n) is 10.0. The zero-order valence-corrected chi connectivity index (χ0v) is 11.6. The molecule has 0 saturated heterocycles. The summed E-state index contributed by atoms with van der Waals surface area (Å²) in [6.07, 6.45) is 1.42. The third-order valence-electron chi connectivity index (χ3n) is 2.46. The zero-order chi connectivity index (χ0) is 14.8. The van der Waals surface area contributed by atoms with Gasteiger partial charge in [-0.15, -0.1) is 0 Å². The van der Waals surface area contributed by atoms with Crippen molar-refractivity contribution in [2.45, 2.75) is 11.5 Å². The van der Waals surface area contributed by atoms with E-state index in [4.69, 9.17) is 16.7 Å². The minimum atomic E-state index is -4.01. The van der Waals surface area contributed by atoms with E-state index in [-0.39, 0.29) is 21.3 Å². The Labute approximate surface area is 120 Å². The number of hydrogen-bond donors (Lipinski definition) is 2. The third-order valence-corrected chi connectivity index (χ3v) is 4.22. The van der Waals surface area contributed by atoms with Gasteiger partial charge in [-0.05, 0) is 24.3 Å². The van der Waals surface area contributed by atoms with Crippen LogP contribution < -0.4 is 4.72 Å². The van der Waals surface area contributed by atoms with Crippen LogP contribution in [-0.4, -0.2) is 18.5 Å². The van der Waals surface area contributed by atoms with Crippen molar-refractivity contribution in [1.29, 1.82) is 0 Å². The van der Waals surface area contributed by atoms with Gasteiger partial charge in [0.25, 0.3) is 10.0 Å². The van der Waals surface area contributed by atoms with E-state index in [0.29, 0.717) is 0 Å². The highest BCUT2D eigenvalue weighted by molar-refractivity contribution is 7.92. The molecule has 0 aliphatic heterocycles. The average Bonchev–Trinajstić information content (AvgIpc) is 2.42. The Hall–Kier alpha value is -1.70. The largest absolute Gasteiger partial charge is 0.392 e. The van der Waals surface area contributed by atoms with Gasteiger partial charge in [-0.1, -0.05) is 17.7 Å². The molecular weight excluding hydrogens is 307 g/mol. The quantitative estimate of drug-likeness (QED) is 0.906. The van der Waals surface area contributed by atoms with E-state index in [9.17, 15) is 12.8 Å². The molecule has 0 radical (unpaired) electrons. The second-order valence-electron chi connectivity index (χ2n) is 3.86. The molecule has 0 fully saturated rings. The van der Waals surface area contributed by atoms with Gasteiger partial charge in [0.05, 0.1) is 16.5 Å². The Bertz CT molecular complexity index is 723. The van der Waals surface area contributed by atoms with E-state index in [2.05, 4.69) is 9.71 Å². The minimum Gasteiger partial charge on any atom is -0.392 e. The molecule has 0 aliphatic carbocycles. The molecular formula is C12H10ClFN2O3S. The number of aromatic nitrogens is 1. The van der Waals surface area contributed by atoms with Crippen molar-refractivity contribution in [3.63, 3.8) is 0 Å². The highest BCUT2D eigenvalue weighted by Gasteiger charge is 2.19. The van der Waals surface area contributed by atoms with Gasteiger partial charge in [-0.25, -0.2) is 17.8 Å². The molecule has 0 amide bonds. The molecule has 20 heavy (non-hydrogen) atoms. The summed E-state index contributed by atoms with van der Waals surface area (Å²) in [6, 6.07) is 6.58. The molecule has 0 unspecified atom stereocenters. The van der Waals surface area contributed by atoms with Gasteiger partial charge < -0.3 is 5.11 Å². The van der Waals surface area contributed by atoms with Crippen molar-refractivity contribution in [3.05, 3.63) is 52.9 Å². The van der Waals surface area contributed by atoms with Crippen LogP contribution in [0.15, 0.2) is 41.4 Å². The van der Waals surface area contributed by atoms with Gasteiger partial charge in [0.2, 0.25) is 0 Å². The molecule has 1 heterocycles. The van der Waals surface area contributed by atoms with Crippen LogP contribution in [0.1, 0.15) is 5.56 Å². The molecule has 2 rings (SSSR count). The topological polar surface area (TPSA) is 79.3 Å². The lowest BCUT2D eigenvalue weighted by Crippen LogP contribution is -2.14. The van der Waals surface area contributed by atoms with Crippen LogP contribution in [0.4, 0.5) is 10.2 Å². The summed E-state index contributed by atoms with van der Waals surface area (Å²) in [7, 11) is -4.01. The summed E-state index contributed by atoms with van der Waals surface area (Å²) >= 11 is 5.61. The number of aliphatic hydroxyl groups is 1. The number of pyridine rings is 1. The Balaban J connectivity index is 2.42. The van der Waals surface area contributed by atoms with E-state index < -0.39 is 22.4 Å². The molecule has 8 heteroatoms. The van der Waals surface area contributed by atoms with Crippen LogP contribution in [0.5, 0.6) is 0 Å². The number of rotatable bonds is 4. The molecule has 1 aromatic carbocycles.